The molecule has 0 radical (unpaired) electrons. The van der Waals surface area contributed by atoms with Crippen molar-refractivity contribution in [2.45, 2.75) is 26.7 Å². The van der Waals surface area contributed by atoms with Crippen molar-refractivity contribution in [1.29, 1.82) is 0 Å². The Labute approximate surface area is 149 Å². The van der Waals surface area contributed by atoms with E-state index in [1.54, 1.807) is 0 Å². The van der Waals surface area contributed by atoms with Crippen molar-refractivity contribution in [1.82, 2.24) is 9.97 Å². The maximum absolute atomic E-state index is 4.10. The first-order valence-corrected chi connectivity index (χ1v) is 5.66. The Morgan fingerprint density at radius 3 is 1.26 bits per heavy atom. The summed E-state index contributed by atoms with van der Waals surface area (Å²) in [5.74, 6) is 0. The number of hydrogen-bond acceptors (Lipinski definition) is 2. The van der Waals surface area contributed by atoms with Crippen molar-refractivity contribution in [2.75, 3.05) is 0 Å². The van der Waals surface area contributed by atoms with E-state index in [0.717, 1.165) is 24.2 Å². The summed E-state index contributed by atoms with van der Waals surface area (Å²) in [6.07, 6.45) is 5.69. The summed E-state index contributed by atoms with van der Waals surface area (Å²) in [5, 5.41) is 0. The minimum atomic E-state index is 0. The van der Waals surface area contributed by atoms with Crippen molar-refractivity contribution in [3.63, 3.8) is 0 Å². The van der Waals surface area contributed by atoms with Crippen LogP contribution in [0.15, 0.2) is 48.8 Å². The van der Waals surface area contributed by atoms with Crippen molar-refractivity contribution < 1.29 is 53.4 Å². The van der Waals surface area contributed by atoms with E-state index in [-0.39, 0.29) is 53.4 Å². The van der Waals surface area contributed by atoms with Crippen LogP contribution in [0, 0.1) is 0 Å². The van der Waals surface area contributed by atoms with Gasteiger partial charge in [-0.1, -0.05) is 26.0 Å². The predicted molar refractivity (Wildman–Crippen MR) is 67.2 cm³/mol. The summed E-state index contributed by atoms with van der Waals surface area (Å²) in [5.41, 5.74) is 2.32. The second-order valence-corrected chi connectivity index (χ2v) is 3.35. The van der Waals surface area contributed by atoms with Gasteiger partial charge in [0.25, 0.3) is 0 Å². The van der Waals surface area contributed by atoms with Gasteiger partial charge in [0.05, 0.1) is 0 Å². The quantitative estimate of drug-likeness (QED) is 0.476. The summed E-state index contributed by atoms with van der Waals surface area (Å²) in [6, 6.07) is 11.9. The number of pyridine rings is 2. The molecule has 100 valence electrons. The van der Waals surface area contributed by atoms with E-state index in [1.807, 2.05) is 48.8 Å². The van der Waals surface area contributed by atoms with Gasteiger partial charge in [0.1, 0.15) is 0 Å². The zero-order chi connectivity index (χ0) is 11.6. The molecule has 0 aliphatic heterocycles. The van der Waals surface area contributed by atoms with E-state index in [0.29, 0.717) is 0 Å². The molecule has 0 saturated carbocycles. The molecule has 0 unspecified atom stereocenters. The van der Waals surface area contributed by atoms with Crippen molar-refractivity contribution in [2.24, 2.45) is 0 Å². The van der Waals surface area contributed by atoms with Gasteiger partial charge in [-0.3, -0.25) is 9.97 Å². The van der Waals surface area contributed by atoms with Crippen LogP contribution in [-0.2, 0) is 32.3 Å². The number of rotatable bonds is 2. The van der Waals surface area contributed by atoms with Gasteiger partial charge in [0, 0.05) is 23.8 Å². The smallest absolute Gasteiger partial charge is 1.00 e. The minimum absolute atomic E-state index is 0. The molecule has 0 fully saturated rings. The molecular weight excluding hydrogens is 421 g/mol. The van der Waals surface area contributed by atoms with Crippen LogP contribution in [0.3, 0.4) is 0 Å². The minimum Gasteiger partial charge on any atom is -1.00 e. The van der Waals surface area contributed by atoms with Gasteiger partial charge in [0.15, 0.2) is 0 Å². The molecule has 5 heteroatoms. The third-order valence-electron chi connectivity index (χ3n) is 2.18. The SMILES string of the molecule is CCc1ccccn1.CCc1ccccn1.[Br-].[Br-].[Zn+2]. The maximum atomic E-state index is 4.10. The summed E-state index contributed by atoms with van der Waals surface area (Å²) in [7, 11) is 0. The first-order valence-electron chi connectivity index (χ1n) is 5.66. The van der Waals surface area contributed by atoms with E-state index in [9.17, 15) is 0 Å². The average molecular weight is 440 g/mol. The zero-order valence-electron chi connectivity index (χ0n) is 11.4. The van der Waals surface area contributed by atoms with Gasteiger partial charge in [-0.05, 0) is 37.1 Å². The molecule has 0 aliphatic rings. The summed E-state index contributed by atoms with van der Waals surface area (Å²) < 4.78 is 0. The number of aromatic nitrogens is 2. The molecule has 2 nitrogen and oxygen atoms in total. The monoisotopic (exact) mass is 436 g/mol. The second-order valence-electron chi connectivity index (χ2n) is 3.35. The van der Waals surface area contributed by atoms with Gasteiger partial charge in [-0.15, -0.1) is 0 Å². The van der Waals surface area contributed by atoms with E-state index in [1.165, 1.54) is 0 Å². The fourth-order valence-corrected chi connectivity index (χ4v) is 1.21. The van der Waals surface area contributed by atoms with Gasteiger partial charge < -0.3 is 34.0 Å². The molecular formula is C14H18Br2N2Zn. The molecule has 2 aromatic heterocycles. The Bertz CT molecular complexity index is 346. The fraction of sp³-hybridized carbons (Fsp3) is 0.286. The van der Waals surface area contributed by atoms with Crippen LogP contribution in [0.1, 0.15) is 25.2 Å². The van der Waals surface area contributed by atoms with Crippen LogP contribution >= 0.6 is 0 Å². The standard InChI is InChI=1S/2C7H9N.2BrH.Zn/c2*1-2-7-5-3-4-6-8-7;;;/h2*3-6H,2H2,1H3;2*1H;/q;;;;+2/p-2. The normalized spacial score (nSPS) is 7.68. The molecule has 0 saturated heterocycles. The molecule has 0 bridgehead atoms. The van der Waals surface area contributed by atoms with Crippen LogP contribution in [0.2, 0.25) is 0 Å². The topological polar surface area (TPSA) is 25.8 Å². The van der Waals surface area contributed by atoms with Crippen LogP contribution < -0.4 is 34.0 Å². The second kappa shape index (κ2) is 15.9. The average Bonchev–Trinajstić information content (AvgIpc) is 2.41. The van der Waals surface area contributed by atoms with Crippen molar-refractivity contribution in [3.8, 4) is 0 Å². The Morgan fingerprint density at radius 2 is 1.11 bits per heavy atom. The molecule has 0 amide bonds. The third kappa shape index (κ3) is 11.4. The molecule has 19 heavy (non-hydrogen) atoms. The van der Waals surface area contributed by atoms with Gasteiger partial charge in [0.2, 0.25) is 0 Å². The molecule has 0 N–H and O–H groups in total. The van der Waals surface area contributed by atoms with Gasteiger partial charge in [-0.2, -0.15) is 0 Å². The molecule has 0 atom stereocenters. The Morgan fingerprint density at radius 1 is 0.737 bits per heavy atom. The number of aryl methyl sites for hydroxylation is 2. The predicted octanol–water partition coefficient (Wildman–Crippen LogP) is -2.71. The molecule has 2 rings (SSSR count). The summed E-state index contributed by atoms with van der Waals surface area (Å²) in [6.45, 7) is 4.20. The molecule has 0 aromatic carbocycles. The van der Waals surface area contributed by atoms with Gasteiger partial charge in [-0.25, -0.2) is 0 Å². The van der Waals surface area contributed by atoms with E-state index >= 15 is 0 Å². The first-order chi connectivity index (χ1) is 7.86. The summed E-state index contributed by atoms with van der Waals surface area (Å²) in [4.78, 5) is 8.19. The summed E-state index contributed by atoms with van der Waals surface area (Å²) >= 11 is 0. The van der Waals surface area contributed by atoms with Crippen LogP contribution in [0.25, 0.3) is 0 Å². The molecule has 0 spiro atoms. The molecule has 2 aromatic rings. The van der Waals surface area contributed by atoms with Crippen LogP contribution in [-0.4, -0.2) is 9.97 Å². The van der Waals surface area contributed by atoms with Crippen LogP contribution in [0.5, 0.6) is 0 Å². The van der Waals surface area contributed by atoms with Gasteiger partial charge >= 0.3 is 19.5 Å². The third-order valence-corrected chi connectivity index (χ3v) is 2.18. The van der Waals surface area contributed by atoms with E-state index in [4.69, 9.17) is 0 Å². The number of hydrogen-bond donors (Lipinski definition) is 0. The molecule has 2 heterocycles. The Balaban J connectivity index is -0.000000233. The van der Waals surface area contributed by atoms with E-state index in [2.05, 4.69) is 23.8 Å². The number of nitrogens with zero attached hydrogens (tertiary/aromatic N) is 2. The Kier molecular flexibility index (Phi) is 20.1. The van der Waals surface area contributed by atoms with Crippen molar-refractivity contribution >= 4 is 0 Å². The van der Waals surface area contributed by atoms with E-state index < -0.39 is 0 Å². The van der Waals surface area contributed by atoms with Crippen LogP contribution in [0.4, 0.5) is 0 Å². The van der Waals surface area contributed by atoms with Crippen molar-refractivity contribution in [3.05, 3.63) is 60.2 Å². The number of halogens is 2. The fourth-order valence-electron chi connectivity index (χ4n) is 1.21. The first kappa shape index (κ1) is 23.9. The zero-order valence-corrected chi connectivity index (χ0v) is 17.5. The molecule has 0 aliphatic carbocycles. The maximum Gasteiger partial charge on any atom is 2.00 e. The Hall–Kier alpha value is -0.117. The largest absolute Gasteiger partial charge is 2.00 e.